The van der Waals surface area contributed by atoms with E-state index in [-0.39, 0.29) is 0 Å². The normalized spacial score (nSPS) is 16.0. The number of aromatic nitrogens is 1. The Morgan fingerprint density at radius 2 is 1.50 bits per heavy atom. The zero-order valence-corrected chi connectivity index (χ0v) is 16.1. The van der Waals surface area contributed by atoms with E-state index >= 15 is 0 Å². The first-order valence-corrected chi connectivity index (χ1v) is 10.1. The molecule has 2 aromatic carbocycles. The first kappa shape index (κ1) is 17.4. The minimum atomic E-state index is 0.960. The van der Waals surface area contributed by atoms with Crippen LogP contribution in [0.4, 0.5) is 0 Å². The number of benzene rings is 2. The third-order valence-corrected chi connectivity index (χ3v) is 5.95. The van der Waals surface area contributed by atoms with Crippen LogP contribution in [0.25, 0.3) is 10.6 Å². The molecule has 1 saturated heterocycles. The highest BCUT2D eigenvalue weighted by molar-refractivity contribution is 7.13. The molecule has 1 aliphatic rings. The number of aryl methyl sites for hydroxylation is 1. The Bertz CT molecular complexity index is 835. The molecule has 0 unspecified atom stereocenters. The SMILES string of the molecule is Cc1ccccc1-c1nc(CN2CCN(Cc3ccccc3)CC2)cs1. The standard InChI is InChI=1S/C22H25N3S/c1-18-7-5-6-10-21(18)22-23-20(17-26-22)16-25-13-11-24(12-14-25)15-19-8-3-2-4-9-19/h2-10,17H,11-16H2,1H3. The third-order valence-electron chi connectivity index (χ3n) is 5.03. The van der Waals surface area contributed by atoms with Gasteiger partial charge in [-0.25, -0.2) is 4.98 Å². The van der Waals surface area contributed by atoms with E-state index in [4.69, 9.17) is 4.98 Å². The minimum absolute atomic E-state index is 0.960. The van der Waals surface area contributed by atoms with Crippen molar-refractivity contribution < 1.29 is 0 Å². The molecule has 3 aromatic rings. The Kier molecular flexibility index (Phi) is 5.44. The average Bonchev–Trinajstić information content (AvgIpc) is 3.13. The van der Waals surface area contributed by atoms with Crippen LogP contribution in [0.15, 0.2) is 60.0 Å². The molecule has 1 aromatic heterocycles. The zero-order chi connectivity index (χ0) is 17.8. The molecule has 0 atom stereocenters. The van der Waals surface area contributed by atoms with Crippen LogP contribution in [0.3, 0.4) is 0 Å². The minimum Gasteiger partial charge on any atom is -0.297 e. The van der Waals surface area contributed by atoms with E-state index in [0.717, 1.165) is 44.3 Å². The van der Waals surface area contributed by atoms with Crippen molar-refractivity contribution >= 4 is 11.3 Å². The van der Waals surface area contributed by atoms with Crippen LogP contribution in [0.1, 0.15) is 16.8 Å². The lowest BCUT2D eigenvalue weighted by Gasteiger charge is -2.34. The molecule has 1 fully saturated rings. The smallest absolute Gasteiger partial charge is 0.123 e. The fourth-order valence-electron chi connectivity index (χ4n) is 3.49. The number of nitrogens with zero attached hydrogens (tertiary/aromatic N) is 3. The molecular weight excluding hydrogens is 338 g/mol. The summed E-state index contributed by atoms with van der Waals surface area (Å²) in [4.78, 5) is 9.96. The van der Waals surface area contributed by atoms with E-state index in [9.17, 15) is 0 Å². The fourth-order valence-corrected chi connectivity index (χ4v) is 4.39. The fraction of sp³-hybridized carbons (Fsp3) is 0.318. The Labute approximate surface area is 159 Å². The van der Waals surface area contributed by atoms with Crippen LogP contribution >= 0.6 is 11.3 Å². The second-order valence-corrected chi connectivity index (χ2v) is 7.85. The van der Waals surface area contributed by atoms with Gasteiger partial charge in [-0.15, -0.1) is 11.3 Å². The van der Waals surface area contributed by atoms with Crippen molar-refractivity contribution in [2.75, 3.05) is 26.2 Å². The maximum Gasteiger partial charge on any atom is 0.123 e. The molecule has 0 N–H and O–H groups in total. The predicted molar refractivity (Wildman–Crippen MR) is 109 cm³/mol. The Balaban J connectivity index is 1.32. The summed E-state index contributed by atoms with van der Waals surface area (Å²) in [6, 6.07) is 19.3. The van der Waals surface area contributed by atoms with Crippen LogP contribution in [0.5, 0.6) is 0 Å². The lowest BCUT2D eigenvalue weighted by Crippen LogP contribution is -2.45. The van der Waals surface area contributed by atoms with Gasteiger partial charge in [0, 0.05) is 50.2 Å². The number of thiazole rings is 1. The summed E-state index contributed by atoms with van der Waals surface area (Å²) < 4.78 is 0. The molecule has 26 heavy (non-hydrogen) atoms. The Morgan fingerprint density at radius 1 is 0.846 bits per heavy atom. The van der Waals surface area contributed by atoms with Gasteiger partial charge in [-0.2, -0.15) is 0 Å². The molecule has 0 aliphatic carbocycles. The van der Waals surface area contributed by atoms with Crippen molar-refractivity contribution in [3.63, 3.8) is 0 Å². The van der Waals surface area contributed by atoms with E-state index < -0.39 is 0 Å². The van der Waals surface area contributed by atoms with Gasteiger partial charge in [0.1, 0.15) is 5.01 Å². The molecule has 0 saturated carbocycles. The molecule has 2 heterocycles. The number of piperazine rings is 1. The topological polar surface area (TPSA) is 19.4 Å². The molecular formula is C22H25N3S. The zero-order valence-electron chi connectivity index (χ0n) is 15.3. The maximum atomic E-state index is 4.89. The van der Waals surface area contributed by atoms with Crippen molar-refractivity contribution in [3.8, 4) is 10.6 Å². The molecule has 4 rings (SSSR count). The quantitative estimate of drug-likeness (QED) is 0.668. The van der Waals surface area contributed by atoms with Crippen molar-refractivity contribution in [2.24, 2.45) is 0 Å². The van der Waals surface area contributed by atoms with Crippen LogP contribution in [-0.4, -0.2) is 41.0 Å². The summed E-state index contributed by atoms with van der Waals surface area (Å²) in [6.45, 7) is 8.66. The molecule has 4 heteroatoms. The van der Waals surface area contributed by atoms with E-state index in [1.54, 1.807) is 11.3 Å². The number of hydrogen-bond donors (Lipinski definition) is 0. The van der Waals surface area contributed by atoms with Gasteiger partial charge in [-0.3, -0.25) is 9.80 Å². The van der Waals surface area contributed by atoms with E-state index in [2.05, 4.69) is 76.7 Å². The van der Waals surface area contributed by atoms with Crippen LogP contribution in [0.2, 0.25) is 0 Å². The second-order valence-electron chi connectivity index (χ2n) is 7.00. The van der Waals surface area contributed by atoms with Crippen molar-refractivity contribution in [2.45, 2.75) is 20.0 Å². The summed E-state index contributed by atoms with van der Waals surface area (Å²) in [7, 11) is 0. The van der Waals surface area contributed by atoms with E-state index in [1.165, 1.54) is 22.4 Å². The molecule has 1 aliphatic heterocycles. The van der Waals surface area contributed by atoms with Gasteiger partial charge < -0.3 is 0 Å². The summed E-state index contributed by atoms with van der Waals surface area (Å²) in [6.07, 6.45) is 0. The summed E-state index contributed by atoms with van der Waals surface area (Å²) >= 11 is 1.76. The van der Waals surface area contributed by atoms with E-state index in [0.29, 0.717) is 0 Å². The second kappa shape index (κ2) is 8.12. The van der Waals surface area contributed by atoms with Gasteiger partial charge in [0.25, 0.3) is 0 Å². The lowest BCUT2D eigenvalue weighted by atomic mass is 10.1. The third kappa shape index (κ3) is 4.21. The summed E-state index contributed by atoms with van der Waals surface area (Å²) in [5.41, 5.74) is 5.16. The van der Waals surface area contributed by atoms with Crippen molar-refractivity contribution in [1.29, 1.82) is 0 Å². The van der Waals surface area contributed by atoms with Crippen LogP contribution < -0.4 is 0 Å². The first-order chi connectivity index (χ1) is 12.8. The summed E-state index contributed by atoms with van der Waals surface area (Å²) in [5, 5.41) is 3.36. The highest BCUT2D eigenvalue weighted by atomic mass is 32.1. The number of hydrogen-bond acceptors (Lipinski definition) is 4. The Hall–Kier alpha value is -2.01. The lowest BCUT2D eigenvalue weighted by molar-refractivity contribution is 0.121. The predicted octanol–water partition coefficient (Wildman–Crippen LogP) is 4.44. The highest BCUT2D eigenvalue weighted by Gasteiger charge is 2.18. The van der Waals surface area contributed by atoms with Crippen LogP contribution in [-0.2, 0) is 13.1 Å². The largest absolute Gasteiger partial charge is 0.297 e. The van der Waals surface area contributed by atoms with Gasteiger partial charge in [0.2, 0.25) is 0 Å². The highest BCUT2D eigenvalue weighted by Crippen LogP contribution is 2.27. The molecule has 0 bridgehead atoms. The molecule has 0 amide bonds. The molecule has 0 spiro atoms. The van der Waals surface area contributed by atoms with Gasteiger partial charge in [0.15, 0.2) is 0 Å². The van der Waals surface area contributed by atoms with Crippen molar-refractivity contribution in [3.05, 3.63) is 76.8 Å². The first-order valence-electron chi connectivity index (χ1n) is 9.27. The Morgan fingerprint density at radius 3 is 2.23 bits per heavy atom. The van der Waals surface area contributed by atoms with Gasteiger partial charge in [-0.1, -0.05) is 54.6 Å². The van der Waals surface area contributed by atoms with Crippen molar-refractivity contribution in [1.82, 2.24) is 14.8 Å². The number of rotatable bonds is 5. The van der Waals surface area contributed by atoms with Gasteiger partial charge in [0.05, 0.1) is 5.69 Å². The molecule has 3 nitrogen and oxygen atoms in total. The molecule has 134 valence electrons. The van der Waals surface area contributed by atoms with Gasteiger partial charge in [-0.05, 0) is 18.1 Å². The molecule has 0 radical (unpaired) electrons. The maximum absolute atomic E-state index is 4.89. The van der Waals surface area contributed by atoms with Crippen LogP contribution in [0, 0.1) is 6.92 Å². The summed E-state index contributed by atoms with van der Waals surface area (Å²) in [5.74, 6) is 0. The van der Waals surface area contributed by atoms with E-state index in [1.807, 2.05) is 0 Å². The van der Waals surface area contributed by atoms with Gasteiger partial charge >= 0.3 is 0 Å². The monoisotopic (exact) mass is 363 g/mol. The average molecular weight is 364 g/mol.